The number of carbonyl (C=O) groups is 3. The number of carbonyl (C=O) groups excluding carboxylic acids is 3. The third kappa shape index (κ3) is 4.34. The molecule has 2 N–H and O–H groups in total. The Hall–Kier alpha value is -2.68. The van der Waals surface area contributed by atoms with Crippen molar-refractivity contribution in [3.05, 3.63) is 35.6 Å². The van der Waals surface area contributed by atoms with E-state index in [2.05, 4.69) is 10.6 Å². The number of halogens is 1. The van der Waals surface area contributed by atoms with Gasteiger partial charge in [0.25, 0.3) is 0 Å². The quantitative estimate of drug-likeness (QED) is 0.768. The van der Waals surface area contributed by atoms with E-state index in [-0.39, 0.29) is 24.1 Å². The zero-order chi connectivity index (χ0) is 20.4. The van der Waals surface area contributed by atoms with Gasteiger partial charge in [0.1, 0.15) is 11.4 Å². The molecule has 1 atom stereocenters. The SMILES string of the molecule is O=C1NCC2(CCN(C(=O)CC3C(=O)NCCN3Cc3ccc(F)cc3)CC2)O1. The van der Waals surface area contributed by atoms with E-state index in [0.717, 1.165) is 5.56 Å². The molecule has 0 saturated carbocycles. The van der Waals surface area contributed by atoms with E-state index in [1.54, 1.807) is 17.0 Å². The second kappa shape index (κ2) is 7.98. The van der Waals surface area contributed by atoms with Crippen molar-refractivity contribution in [1.82, 2.24) is 20.4 Å². The summed E-state index contributed by atoms with van der Waals surface area (Å²) in [4.78, 5) is 40.4. The second-order valence-corrected chi connectivity index (χ2v) is 7.91. The molecule has 3 fully saturated rings. The number of rotatable bonds is 4. The van der Waals surface area contributed by atoms with E-state index in [1.165, 1.54) is 12.1 Å². The number of likely N-dealkylation sites (tertiary alicyclic amines) is 1. The first-order valence-corrected chi connectivity index (χ1v) is 9.95. The van der Waals surface area contributed by atoms with E-state index in [1.807, 2.05) is 4.90 Å². The van der Waals surface area contributed by atoms with Crippen LogP contribution in [0.2, 0.25) is 0 Å². The molecule has 29 heavy (non-hydrogen) atoms. The minimum atomic E-state index is -0.553. The molecular formula is C20H25FN4O4. The van der Waals surface area contributed by atoms with Gasteiger partial charge in [0.2, 0.25) is 11.8 Å². The lowest BCUT2D eigenvalue weighted by molar-refractivity contribution is -0.141. The number of piperazine rings is 1. The third-order valence-corrected chi connectivity index (χ3v) is 6.00. The maximum absolute atomic E-state index is 13.2. The van der Waals surface area contributed by atoms with Crippen LogP contribution in [0.4, 0.5) is 9.18 Å². The molecule has 3 amide bonds. The van der Waals surface area contributed by atoms with E-state index < -0.39 is 17.7 Å². The summed E-state index contributed by atoms with van der Waals surface area (Å²) in [6.45, 7) is 3.11. The summed E-state index contributed by atoms with van der Waals surface area (Å²) in [5.74, 6) is -0.541. The number of hydrogen-bond donors (Lipinski definition) is 2. The molecule has 3 aliphatic rings. The molecule has 1 aromatic carbocycles. The van der Waals surface area contributed by atoms with E-state index in [4.69, 9.17) is 4.74 Å². The average Bonchev–Trinajstić information content (AvgIpc) is 3.06. The van der Waals surface area contributed by atoms with Gasteiger partial charge in [0.15, 0.2) is 0 Å². The number of piperidine rings is 1. The van der Waals surface area contributed by atoms with E-state index in [0.29, 0.717) is 52.1 Å². The first-order chi connectivity index (χ1) is 13.9. The number of ether oxygens (including phenoxy) is 1. The van der Waals surface area contributed by atoms with E-state index in [9.17, 15) is 18.8 Å². The second-order valence-electron chi connectivity index (χ2n) is 7.91. The van der Waals surface area contributed by atoms with Crippen LogP contribution in [0.5, 0.6) is 0 Å². The minimum absolute atomic E-state index is 0.0803. The highest BCUT2D eigenvalue weighted by Crippen LogP contribution is 2.29. The Labute approximate surface area is 168 Å². The van der Waals surface area contributed by atoms with Crippen molar-refractivity contribution in [3.8, 4) is 0 Å². The molecule has 3 saturated heterocycles. The van der Waals surface area contributed by atoms with Crippen molar-refractivity contribution in [1.29, 1.82) is 0 Å². The molecule has 8 nitrogen and oxygen atoms in total. The molecule has 0 aliphatic carbocycles. The Bertz CT molecular complexity index is 792. The lowest BCUT2D eigenvalue weighted by Crippen LogP contribution is -2.57. The molecule has 9 heteroatoms. The average molecular weight is 404 g/mol. The molecule has 1 spiro atoms. The summed E-state index contributed by atoms with van der Waals surface area (Å²) in [5.41, 5.74) is 0.388. The topological polar surface area (TPSA) is 91.0 Å². The number of amides is 3. The van der Waals surface area contributed by atoms with Crippen LogP contribution in [0.25, 0.3) is 0 Å². The molecular weight excluding hydrogens is 379 g/mol. The molecule has 1 aromatic rings. The highest BCUT2D eigenvalue weighted by Gasteiger charge is 2.44. The van der Waals surface area contributed by atoms with Gasteiger partial charge in [-0.2, -0.15) is 0 Å². The van der Waals surface area contributed by atoms with Crippen LogP contribution in [-0.4, -0.2) is 72.1 Å². The van der Waals surface area contributed by atoms with Crippen LogP contribution in [-0.2, 0) is 20.9 Å². The van der Waals surface area contributed by atoms with Crippen molar-refractivity contribution >= 4 is 17.9 Å². The molecule has 156 valence electrons. The van der Waals surface area contributed by atoms with Crippen LogP contribution in [0.15, 0.2) is 24.3 Å². The van der Waals surface area contributed by atoms with Crippen molar-refractivity contribution in [2.45, 2.75) is 37.5 Å². The van der Waals surface area contributed by atoms with Crippen molar-refractivity contribution < 1.29 is 23.5 Å². The van der Waals surface area contributed by atoms with Crippen LogP contribution in [0, 0.1) is 5.82 Å². The summed E-state index contributed by atoms with van der Waals surface area (Å²) in [6, 6.07) is 5.63. The molecule has 0 bridgehead atoms. The fraction of sp³-hybridized carbons (Fsp3) is 0.550. The largest absolute Gasteiger partial charge is 0.441 e. The number of alkyl carbamates (subject to hydrolysis) is 1. The summed E-state index contributed by atoms with van der Waals surface area (Å²) in [5, 5.41) is 5.51. The van der Waals surface area contributed by atoms with Crippen LogP contribution >= 0.6 is 0 Å². The first-order valence-electron chi connectivity index (χ1n) is 9.95. The molecule has 1 unspecified atom stereocenters. The Morgan fingerprint density at radius 1 is 1.14 bits per heavy atom. The summed E-state index contributed by atoms with van der Waals surface area (Å²) in [6.07, 6.45) is 0.874. The summed E-state index contributed by atoms with van der Waals surface area (Å²) < 4.78 is 18.5. The lowest BCUT2D eigenvalue weighted by Gasteiger charge is -2.39. The van der Waals surface area contributed by atoms with Gasteiger partial charge in [-0.3, -0.25) is 14.5 Å². The van der Waals surface area contributed by atoms with Crippen molar-refractivity contribution in [2.24, 2.45) is 0 Å². The fourth-order valence-electron chi connectivity index (χ4n) is 4.24. The monoisotopic (exact) mass is 404 g/mol. The highest BCUT2D eigenvalue weighted by molar-refractivity contribution is 5.89. The van der Waals surface area contributed by atoms with Crippen LogP contribution in [0.1, 0.15) is 24.8 Å². The normalized spacial score (nSPS) is 24.2. The summed E-state index contributed by atoms with van der Waals surface area (Å²) >= 11 is 0. The number of hydrogen-bond acceptors (Lipinski definition) is 5. The zero-order valence-electron chi connectivity index (χ0n) is 16.2. The van der Waals surface area contributed by atoms with Crippen LogP contribution in [0.3, 0.4) is 0 Å². The number of nitrogens with one attached hydrogen (secondary N) is 2. The Kier molecular flexibility index (Phi) is 5.40. The summed E-state index contributed by atoms with van der Waals surface area (Å²) in [7, 11) is 0. The zero-order valence-corrected chi connectivity index (χ0v) is 16.2. The maximum atomic E-state index is 13.2. The third-order valence-electron chi connectivity index (χ3n) is 6.00. The molecule has 0 aromatic heterocycles. The standard InChI is InChI=1S/C20H25FN4O4/c21-15-3-1-14(2-4-15)12-25-10-7-22-18(27)16(25)11-17(26)24-8-5-20(6-9-24)13-23-19(28)29-20/h1-4,16H,5-13H2,(H,22,27)(H,23,28). The van der Waals surface area contributed by atoms with Gasteiger partial charge in [-0.15, -0.1) is 0 Å². The molecule has 0 radical (unpaired) electrons. The number of nitrogens with zero attached hydrogens (tertiary/aromatic N) is 2. The predicted octanol–water partition coefficient (Wildman–Crippen LogP) is 0.617. The van der Waals surface area contributed by atoms with Gasteiger partial charge in [0, 0.05) is 45.6 Å². The van der Waals surface area contributed by atoms with Gasteiger partial charge >= 0.3 is 6.09 Å². The molecule has 4 rings (SSSR count). The van der Waals surface area contributed by atoms with E-state index >= 15 is 0 Å². The molecule has 3 heterocycles. The van der Waals surface area contributed by atoms with Gasteiger partial charge in [-0.25, -0.2) is 9.18 Å². The van der Waals surface area contributed by atoms with Crippen molar-refractivity contribution in [3.63, 3.8) is 0 Å². The van der Waals surface area contributed by atoms with Gasteiger partial charge in [-0.1, -0.05) is 12.1 Å². The smallest absolute Gasteiger partial charge is 0.407 e. The Morgan fingerprint density at radius 2 is 1.86 bits per heavy atom. The highest BCUT2D eigenvalue weighted by atomic mass is 19.1. The van der Waals surface area contributed by atoms with Gasteiger partial charge < -0.3 is 20.3 Å². The van der Waals surface area contributed by atoms with Gasteiger partial charge in [-0.05, 0) is 17.7 Å². The molecule has 3 aliphatic heterocycles. The predicted molar refractivity (Wildman–Crippen MR) is 101 cm³/mol. The van der Waals surface area contributed by atoms with Crippen molar-refractivity contribution in [2.75, 3.05) is 32.7 Å². The number of benzene rings is 1. The first kappa shape index (κ1) is 19.6. The minimum Gasteiger partial charge on any atom is -0.441 e. The Morgan fingerprint density at radius 3 is 2.52 bits per heavy atom. The van der Waals surface area contributed by atoms with Gasteiger partial charge in [0.05, 0.1) is 19.0 Å². The fourth-order valence-corrected chi connectivity index (χ4v) is 4.24. The lowest BCUT2D eigenvalue weighted by atomic mass is 9.91. The maximum Gasteiger partial charge on any atom is 0.407 e. The van der Waals surface area contributed by atoms with Crippen LogP contribution < -0.4 is 10.6 Å². The Balaban J connectivity index is 1.36.